The van der Waals surface area contributed by atoms with Crippen molar-refractivity contribution in [2.45, 2.75) is 47.0 Å². The third-order valence-electron chi connectivity index (χ3n) is 2.26. The standard InChI is InChI=1S/C12H25N/c1-10(2)8-6-7-9-13-12(5)11(3)4/h10-11,13H,5-9H2,1-4H3. The van der Waals surface area contributed by atoms with Crippen molar-refractivity contribution in [2.24, 2.45) is 11.8 Å². The highest BCUT2D eigenvalue weighted by atomic mass is 14.9. The molecule has 0 saturated carbocycles. The zero-order chi connectivity index (χ0) is 10.3. The molecule has 0 aromatic carbocycles. The monoisotopic (exact) mass is 183 g/mol. The first-order valence-corrected chi connectivity index (χ1v) is 5.46. The van der Waals surface area contributed by atoms with E-state index < -0.39 is 0 Å². The maximum absolute atomic E-state index is 3.98. The average Bonchev–Trinajstić information content (AvgIpc) is 2.02. The predicted octanol–water partition coefficient (Wildman–Crippen LogP) is 3.57. The van der Waals surface area contributed by atoms with Crippen molar-refractivity contribution < 1.29 is 0 Å². The zero-order valence-corrected chi connectivity index (χ0v) is 9.69. The summed E-state index contributed by atoms with van der Waals surface area (Å²) in [6, 6.07) is 0. The summed E-state index contributed by atoms with van der Waals surface area (Å²) in [6.07, 6.45) is 3.94. The van der Waals surface area contributed by atoms with Crippen LogP contribution in [0.2, 0.25) is 0 Å². The molecule has 0 unspecified atom stereocenters. The van der Waals surface area contributed by atoms with Gasteiger partial charge in [0, 0.05) is 12.2 Å². The molecule has 1 heteroatoms. The van der Waals surface area contributed by atoms with E-state index in [1.54, 1.807) is 0 Å². The van der Waals surface area contributed by atoms with E-state index in [4.69, 9.17) is 0 Å². The molecule has 1 nitrogen and oxygen atoms in total. The maximum atomic E-state index is 3.98. The molecule has 0 bridgehead atoms. The van der Waals surface area contributed by atoms with Crippen molar-refractivity contribution in [3.8, 4) is 0 Å². The van der Waals surface area contributed by atoms with Crippen LogP contribution < -0.4 is 5.32 Å². The smallest absolute Gasteiger partial charge is 0.0143 e. The number of unbranched alkanes of at least 4 members (excludes halogenated alkanes) is 1. The minimum Gasteiger partial charge on any atom is -0.389 e. The minimum atomic E-state index is 0.560. The molecule has 0 heterocycles. The zero-order valence-electron chi connectivity index (χ0n) is 9.69. The van der Waals surface area contributed by atoms with E-state index in [-0.39, 0.29) is 0 Å². The van der Waals surface area contributed by atoms with Gasteiger partial charge in [0.15, 0.2) is 0 Å². The largest absolute Gasteiger partial charge is 0.389 e. The second-order valence-electron chi connectivity index (χ2n) is 4.50. The van der Waals surface area contributed by atoms with Gasteiger partial charge in [-0.3, -0.25) is 0 Å². The minimum absolute atomic E-state index is 0.560. The highest BCUT2D eigenvalue weighted by Gasteiger charge is 1.98. The number of hydrogen-bond donors (Lipinski definition) is 1. The van der Waals surface area contributed by atoms with E-state index >= 15 is 0 Å². The summed E-state index contributed by atoms with van der Waals surface area (Å²) < 4.78 is 0. The van der Waals surface area contributed by atoms with Crippen molar-refractivity contribution in [1.82, 2.24) is 5.32 Å². The summed E-state index contributed by atoms with van der Waals surface area (Å²) in [4.78, 5) is 0. The molecule has 0 fully saturated rings. The van der Waals surface area contributed by atoms with Gasteiger partial charge in [0.05, 0.1) is 0 Å². The first-order chi connectivity index (χ1) is 6.04. The Morgan fingerprint density at radius 3 is 2.23 bits per heavy atom. The molecule has 0 amide bonds. The van der Waals surface area contributed by atoms with Gasteiger partial charge in [-0.1, -0.05) is 47.1 Å². The normalized spacial score (nSPS) is 10.9. The Labute approximate surface area is 83.6 Å². The van der Waals surface area contributed by atoms with Crippen LogP contribution in [0.5, 0.6) is 0 Å². The van der Waals surface area contributed by atoms with E-state index in [0.29, 0.717) is 5.92 Å². The van der Waals surface area contributed by atoms with Gasteiger partial charge < -0.3 is 5.32 Å². The van der Waals surface area contributed by atoms with Gasteiger partial charge in [0.25, 0.3) is 0 Å². The molecule has 0 saturated heterocycles. The summed E-state index contributed by atoms with van der Waals surface area (Å²) in [5.74, 6) is 1.40. The second kappa shape index (κ2) is 6.99. The lowest BCUT2D eigenvalue weighted by molar-refractivity contribution is 0.524. The molecule has 0 aliphatic carbocycles. The number of nitrogens with one attached hydrogen (secondary N) is 1. The second-order valence-corrected chi connectivity index (χ2v) is 4.50. The molecule has 0 radical (unpaired) electrons. The van der Waals surface area contributed by atoms with Gasteiger partial charge in [0.1, 0.15) is 0 Å². The van der Waals surface area contributed by atoms with E-state index in [1.807, 2.05) is 0 Å². The first kappa shape index (κ1) is 12.5. The molecule has 0 atom stereocenters. The van der Waals surface area contributed by atoms with Crippen LogP contribution in [0.15, 0.2) is 12.3 Å². The van der Waals surface area contributed by atoms with Crippen LogP contribution in [-0.4, -0.2) is 6.54 Å². The van der Waals surface area contributed by atoms with Gasteiger partial charge in [-0.2, -0.15) is 0 Å². The summed E-state index contributed by atoms with van der Waals surface area (Å²) in [5.41, 5.74) is 1.17. The molecular formula is C12H25N. The van der Waals surface area contributed by atoms with Crippen molar-refractivity contribution in [3.63, 3.8) is 0 Å². The number of allylic oxidation sites excluding steroid dienone is 1. The fraction of sp³-hybridized carbons (Fsp3) is 0.833. The fourth-order valence-electron chi connectivity index (χ4n) is 1.13. The Hall–Kier alpha value is -0.460. The molecule has 0 rings (SSSR count). The molecule has 0 aliphatic heterocycles. The Kier molecular flexibility index (Phi) is 6.75. The van der Waals surface area contributed by atoms with E-state index in [0.717, 1.165) is 12.5 Å². The molecule has 13 heavy (non-hydrogen) atoms. The lowest BCUT2D eigenvalue weighted by Crippen LogP contribution is -2.17. The van der Waals surface area contributed by atoms with Crippen LogP contribution in [-0.2, 0) is 0 Å². The van der Waals surface area contributed by atoms with Crippen LogP contribution >= 0.6 is 0 Å². The SMILES string of the molecule is C=C(NCCCCC(C)C)C(C)C. The highest BCUT2D eigenvalue weighted by molar-refractivity contribution is 4.93. The summed E-state index contributed by atoms with van der Waals surface area (Å²) in [7, 11) is 0. The quantitative estimate of drug-likeness (QED) is 0.595. The average molecular weight is 183 g/mol. The number of hydrogen-bond acceptors (Lipinski definition) is 1. The van der Waals surface area contributed by atoms with E-state index in [9.17, 15) is 0 Å². The molecular weight excluding hydrogens is 158 g/mol. The van der Waals surface area contributed by atoms with E-state index in [1.165, 1.54) is 25.0 Å². The van der Waals surface area contributed by atoms with Gasteiger partial charge in [-0.25, -0.2) is 0 Å². The van der Waals surface area contributed by atoms with Crippen molar-refractivity contribution >= 4 is 0 Å². The summed E-state index contributed by atoms with van der Waals surface area (Å²) in [5, 5.41) is 3.36. The maximum Gasteiger partial charge on any atom is 0.0143 e. The Morgan fingerprint density at radius 1 is 1.15 bits per heavy atom. The van der Waals surface area contributed by atoms with Crippen LogP contribution in [0.25, 0.3) is 0 Å². The number of rotatable bonds is 7. The third-order valence-corrected chi connectivity index (χ3v) is 2.26. The third kappa shape index (κ3) is 7.89. The molecule has 0 aromatic heterocycles. The molecule has 1 N–H and O–H groups in total. The van der Waals surface area contributed by atoms with E-state index in [2.05, 4.69) is 39.6 Å². The van der Waals surface area contributed by atoms with Gasteiger partial charge in [0.2, 0.25) is 0 Å². The molecule has 0 spiro atoms. The van der Waals surface area contributed by atoms with Gasteiger partial charge >= 0.3 is 0 Å². The van der Waals surface area contributed by atoms with Crippen LogP contribution in [0.4, 0.5) is 0 Å². The highest BCUT2D eigenvalue weighted by Crippen LogP contribution is 2.06. The van der Waals surface area contributed by atoms with Gasteiger partial charge in [-0.05, 0) is 18.3 Å². The van der Waals surface area contributed by atoms with Crippen LogP contribution in [0, 0.1) is 11.8 Å². The Balaban J connectivity index is 3.21. The molecule has 0 aromatic rings. The topological polar surface area (TPSA) is 12.0 Å². The lowest BCUT2D eigenvalue weighted by atomic mass is 10.1. The Morgan fingerprint density at radius 2 is 1.77 bits per heavy atom. The van der Waals surface area contributed by atoms with Gasteiger partial charge in [-0.15, -0.1) is 0 Å². The van der Waals surface area contributed by atoms with Crippen molar-refractivity contribution in [1.29, 1.82) is 0 Å². The first-order valence-electron chi connectivity index (χ1n) is 5.46. The lowest BCUT2D eigenvalue weighted by Gasteiger charge is -2.12. The van der Waals surface area contributed by atoms with Crippen LogP contribution in [0.3, 0.4) is 0 Å². The van der Waals surface area contributed by atoms with Crippen molar-refractivity contribution in [2.75, 3.05) is 6.54 Å². The predicted molar refractivity (Wildman–Crippen MR) is 60.7 cm³/mol. The van der Waals surface area contributed by atoms with Crippen molar-refractivity contribution in [3.05, 3.63) is 12.3 Å². The molecule has 78 valence electrons. The summed E-state index contributed by atoms with van der Waals surface area (Å²) in [6.45, 7) is 14.0. The van der Waals surface area contributed by atoms with Crippen LogP contribution in [0.1, 0.15) is 47.0 Å². The molecule has 0 aliphatic rings. The summed E-state index contributed by atoms with van der Waals surface area (Å²) >= 11 is 0. The fourth-order valence-corrected chi connectivity index (χ4v) is 1.13. The Bertz CT molecular complexity index is 136.